The quantitative estimate of drug-likeness (QED) is 0.905. The van der Waals surface area contributed by atoms with Gasteiger partial charge in [-0.2, -0.15) is 5.10 Å². The van der Waals surface area contributed by atoms with Gasteiger partial charge in [-0.25, -0.2) is 0 Å². The van der Waals surface area contributed by atoms with Gasteiger partial charge in [-0.3, -0.25) is 9.48 Å². The Morgan fingerprint density at radius 3 is 2.44 bits per heavy atom. The van der Waals surface area contributed by atoms with Gasteiger partial charge in [0.15, 0.2) is 0 Å². The number of carbonyl (C=O) groups is 1. The third kappa shape index (κ3) is 2.18. The molecule has 18 heavy (non-hydrogen) atoms. The summed E-state index contributed by atoms with van der Waals surface area (Å²) >= 11 is 1.64. The minimum Gasteiger partial charge on any atom is -0.319 e. The highest BCUT2D eigenvalue weighted by atomic mass is 32.1. The van der Waals surface area contributed by atoms with Crippen LogP contribution in [-0.2, 0) is 7.05 Å². The molecule has 2 rings (SSSR count). The maximum Gasteiger partial charge on any atom is 0.256 e. The monoisotopic (exact) mass is 263 g/mol. The number of aryl methyl sites for hydroxylation is 4. The summed E-state index contributed by atoms with van der Waals surface area (Å²) in [5.74, 6) is -0.0592. The first kappa shape index (κ1) is 12.8. The summed E-state index contributed by atoms with van der Waals surface area (Å²) in [6.45, 7) is 7.82. The zero-order valence-corrected chi connectivity index (χ0v) is 12.1. The fraction of sp³-hybridized carbons (Fsp3) is 0.385. The van der Waals surface area contributed by atoms with Crippen LogP contribution in [0.4, 0.5) is 5.69 Å². The molecule has 2 heterocycles. The minimum atomic E-state index is -0.0592. The lowest BCUT2D eigenvalue weighted by Crippen LogP contribution is -2.13. The van der Waals surface area contributed by atoms with E-state index in [1.54, 1.807) is 16.0 Å². The van der Waals surface area contributed by atoms with Gasteiger partial charge in [-0.05, 0) is 33.8 Å². The Hall–Kier alpha value is -1.62. The van der Waals surface area contributed by atoms with Crippen molar-refractivity contribution < 1.29 is 4.79 Å². The number of nitrogens with zero attached hydrogens (tertiary/aromatic N) is 2. The highest BCUT2D eigenvalue weighted by Crippen LogP contribution is 2.24. The Kier molecular flexibility index (Phi) is 3.26. The average molecular weight is 263 g/mol. The van der Waals surface area contributed by atoms with Crippen molar-refractivity contribution in [3.05, 3.63) is 32.8 Å². The second-order valence-electron chi connectivity index (χ2n) is 4.45. The van der Waals surface area contributed by atoms with Crippen molar-refractivity contribution in [2.24, 2.45) is 7.05 Å². The molecule has 0 aromatic carbocycles. The fourth-order valence-electron chi connectivity index (χ4n) is 1.99. The van der Waals surface area contributed by atoms with Crippen LogP contribution in [0.1, 0.15) is 31.5 Å². The number of anilines is 1. The van der Waals surface area contributed by atoms with Gasteiger partial charge in [0.25, 0.3) is 5.91 Å². The molecule has 2 aromatic heterocycles. The van der Waals surface area contributed by atoms with E-state index < -0.39 is 0 Å². The molecule has 0 saturated heterocycles. The Morgan fingerprint density at radius 1 is 1.33 bits per heavy atom. The number of thiophene rings is 1. The molecule has 0 saturated carbocycles. The maximum absolute atomic E-state index is 12.2. The van der Waals surface area contributed by atoms with Crippen LogP contribution in [0.3, 0.4) is 0 Å². The topological polar surface area (TPSA) is 46.9 Å². The molecule has 0 bridgehead atoms. The molecule has 0 radical (unpaired) electrons. The summed E-state index contributed by atoms with van der Waals surface area (Å²) in [6.07, 6.45) is 0. The molecule has 2 aromatic rings. The Bertz CT molecular complexity index is 610. The van der Waals surface area contributed by atoms with E-state index in [1.165, 1.54) is 0 Å². The van der Waals surface area contributed by atoms with Crippen LogP contribution < -0.4 is 5.32 Å². The van der Waals surface area contributed by atoms with Gasteiger partial charge in [0.05, 0.1) is 22.6 Å². The predicted octanol–water partition coefficient (Wildman–Crippen LogP) is 2.97. The van der Waals surface area contributed by atoms with Crippen molar-refractivity contribution >= 4 is 22.9 Å². The Balaban J connectivity index is 2.29. The third-order valence-electron chi connectivity index (χ3n) is 3.03. The molecule has 0 unspecified atom stereocenters. The van der Waals surface area contributed by atoms with E-state index in [0.717, 1.165) is 32.4 Å². The van der Waals surface area contributed by atoms with Crippen molar-refractivity contribution in [2.75, 3.05) is 5.32 Å². The van der Waals surface area contributed by atoms with Crippen LogP contribution in [0.5, 0.6) is 0 Å². The number of amides is 1. The van der Waals surface area contributed by atoms with Gasteiger partial charge in [-0.1, -0.05) is 0 Å². The van der Waals surface area contributed by atoms with Gasteiger partial charge in [0, 0.05) is 16.8 Å². The molecule has 1 amide bonds. The minimum absolute atomic E-state index is 0.0592. The molecule has 0 aliphatic rings. The van der Waals surface area contributed by atoms with E-state index in [-0.39, 0.29) is 5.91 Å². The van der Waals surface area contributed by atoms with Crippen molar-refractivity contribution in [2.45, 2.75) is 27.7 Å². The summed E-state index contributed by atoms with van der Waals surface area (Å²) in [7, 11) is 1.87. The summed E-state index contributed by atoms with van der Waals surface area (Å²) in [6, 6.07) is 1.93. The third-order valence-corrected chi connectivity index (χ3v) is 4.00. The van der Waals surface area contributed by atoms with E-state index in [2.05, 4.69) is 10.4 Å². The first-order valence-electron chi connectivity index (χ1n) is 5.78. The summed E-state index contributed by atoms with van der Waals surface area (Å²) in [5, 5.41) is 7.24. The first-order chi connectivity index (χ1) is 8.40. The lowest BCUT2D eigenvalue weighted by molar-refractivity contribution is 0.102. The van der Waals surface area contributed by atoms with Gasteiger partial charge >= 0.3 is 0 Å². The van der Waals surface area contributed by atoms with Crippen molar-refractivity contribution in [1.29, 1.82) is 0 Å². The smallest absolute Gasteiger partial charge is 0.256 e. The van der Waals surface area contributed by atoms with Crippen LogP contribution in [0.2, 0.25) is 0 Å². The second-order valence-corrected chi connectivity index (χ2v) is 5.91. The Labute approximate surface area is 111 Å². The molecular weight excluding hydrogens is 246 g/mol. The van der Waals surface area contributed by atoms with Gasteiger partial charge in [0.1, 0.15) is 0 Å². The number of hydrogen-bond donors (Lipinski definition) is 1. The molecule has 0 aliphatic carbocycles. The fourth-order valence-corrected chi connectivity index (χ4v) is 2.91. The van der Waals surface area contributed by atoms with Crippen LogP contribution >= 0.6 is 11.3 Å². The Morgan fingerprint density at radius 2 is 2.00 bits per heavy atom. The molecule has 5 heteroatoms. The molecule has 0 spiro atoms. The number of carbonyl (C=O) groups excluding carboxylic acids is 1. The highest BCUT2D eigenvalue weighted by Gasteiger charge is 2.16. The van der Waals surface area contributed by atoms with E-state index in [9.17, 15) is 4.79 Å². The summed E-state index contributed by atoms with van der Waals surface area (Å²) in [5.41, 5.74) is 3.37. The van der Waals surface area contributed by atoms with Crippen LogP contribution in [0.15, 0.2) is 6.07 Å². The van der Waals surface area contributed by atoms with E-state index in [0.29, 0.717) is 0 Å². The van der Waals surface area contributed by atoms with Gasteiger partial charge in [0.2, 0.25) is 0 Å². The van der Waals surface area contributed by atoms with Gasteiger partial charge in [-0.15, -0.1) is 11.3 Å². The van der Waals surface area contributed by atoms with E-state index in [4.69, 9.17) is 0 Å². The number of rotatable bonds is 2. The lowest BCUT2D eigenvalue weighted by atomic mass is 10.2. The molecule has 4 nitrogen and oxygen atoms in total. The molecule has 1 N–H and O–H groups in total. The van der Waals surface area contributed by atoms with E-state index in [1.807, 2.05) is 40.8 Å². The molecule has 96 valence electrons. The second kappa shape index (κ2) is 4.57. The largest absolute Gasteiger partial charge is 0.319 e. The van der Waals surface area contributed by atoms with Crippen molar-refractivity contribution in [3.63, 3.8) is 0 Å². The zero-order valence-electron chi connectivity index (χ0n) is 11.3. The lowest BCUT2D eigenvalue weighted by Gasteiger charge is -2.05. The zero-order chi connectivity index (χ0) is 13.4. The average Bonchev–Trinajstić information content (AvgIpc) is 2.73. The molecule has 0 atom stereocenters. The van der Waals surface area contributed by atoms with Crippen LogP contribution in [-0.4, -0.2) is 15.7 Å². The molecular formula is C13H17N3OS. The van der Waals surface area contributed by atoms with Crippen LogP contribution in [0, 0.1) is 27.7 Å². The number of hydrogen-bond acceptors (Lipinski definition) is 3. The molecule has 0 aliphatic heterocycles. The number of aromatic nitrogens is 2. The normalized spacial score (nSPS) is 10.7. The van der Waals surface area contributed by atoms with Gasteiger partial charge < -0.3 is 5.32 Å². The van der Waals surface area contributed by atoms with Crippen molar-refractivity contribution in [1.82, 2.24) is 9.78 Å². The number of nitrogens with one attached hydrogen (secondary N) is 1. The summed E-state index contributed by atoms with van der Waals surface area (Å²) in [4.78, 5) is 14.4. The standard InChI is InChI=1S/C13H17N3OS/c1-7-6-11(10(4)18-7)13(17)14-12-8(2)15-16(5)9(12)3/h6H,1-5H3,(H,14,17). The van der Waals surface area contributed by atoms with Crippen LogP contribution in [0.25, 0.3) is 0 Å². The predicted molar refractivity (Wildman–Crippen MR) is 74.4 cm³/mol. The van der Waals surface area contributed by atoms with E-state index >= 15 is 0 Å². The van der Waals surface area contributed by atoms with Crippen molar-refractivity contribution in [3.8, 4) is 0 Å². The highest BCUT2D eigenvalue weighted by molar-refractivity contribution is 7.12. The summed E-state index contributed by atoms with van der Waals surface area (Å²) < 4.78 is 1.77. The first-order valence-corrected chi connectivity index (χ1v) is 6.60. The SMILES string of the molecule is Cc1cc(C(=O)Nc2c(C)nn(C)c2C)c(C)s1. The molecule has 0 fully saturated rings. The maximum atomic E-state index is 12.2.